The van der Waals surface area contributed by atoms with Crippen molar-refractivity contribution in [2.75, 3.05) is 0 Å². The molecule has 2 aliphatic carbocycles. The molecule has 0 spiro atoms. The zero-order valence-corrected chi connectivity index (χ0v) is 20.7. The molecule has 0 aromatic carbocycles. The van der Waals surface area contributed by atoms with Gasteiger partial charge in [0.15, 0.2) is 0 Å². The molecule has 0 radical (unpaired) electrons. The number of allylic oxidation sites excluding steroid dienone is 8. The van der Waals surface area contributed by atoms with E-state index in [1.807, 2.05) is 6.66 Å². The number of hydrogen-bond donors (Lipinski definition) is 0. The quantitative estimate of drug-likeness (QED) is 0.442. The smallest absolute Gasteiger partial charge is 1.00 e. The molecule has 0 amide bonds. The molecule has 0 nitrogen and oxygen atoms in total. The van der Waals surface area contributed by atoms with Crippen molar-refractivity contribution in [1.82, 2.24) is 0 Å². The van der Waals surface area contributed by atoms with E-state index in [-0.39, 0.29) is 30.3 Å². The second-order valence-corrected chi connectivity index (χ2v) is 30.7. The Morgan fingerprint density at radius 2 is 1.18 bits per heavy atom. The normalized spacial score (nSPS) is 16.1. The number of hydrogen-bond acceptors (Lipinski definition) is 0. The molecule has 0 atom stereocenters. The molecule has 4 heteroatoms. The fourth-order valence-electron chi connectivity index (χ4n) is 3.40. The first kappa shape index (κ1) is 22.6. The summed E-state index contributed by atoms with van der Waals surface area (Å²) in [7, 11) is 0. The summed E-state index contributed by atoms with van der Waals surface area (Å²) < 4.78 is 3.89. The molecule has 0 saturated carbocycles. The van der Waals surface area contributed by atoms with Gasteiger partial charge in [0.05, 0.1) is 0 Å². The predicted molar refractivity (Wildman–Crippen MR) is 88.7 cm³/mol. The van der Waals surface area contributed by atoms with Crippen molar-refractivity contribution < 1.29 is 44.9 Å². The molecule has 0 N–H and O–H groups in total. The molecule has 0 aromatic heterocycles. The van der Waals surface area contributed by atoms with E-state index in [0.29, 0.717) is 11.8 Å². The maximum Gasteiger partial charge on any atom is -1.00 e. The third-order valence-corrected chi connectivity index (χ3v) is 28.9. The van der Waals surface area contributed by atoms with Crippen molar-refractivity contribution in [3.05, 3.63) is 42.1 Å². The molecule has 2 rings (SSSR count). The number of halogens is 2. The molecule has 0 aromatic rings. The van der Waals surface area contributed by atoms with Gasteiger partial charge in [-0.15, -0.1) is 0 Å². The molecule has 0 aliphatic heterocycles. The zero-order chi connectivity index (χ0) is 14.9. The summed E-state index contributed by atoms with van der Waals surface area (Å²) in [6, 6.07) is 0. The first-order valence-corrected chi connectivity index (χ1v) is 19.4. The van der Waals surface area contributed by atoms with Crippen LogP contribution in [0.4, 0.5) is 0 Å². The van der Waals surface area contributed by atoms with E-state index in [2.05, 4.69) is 65.1 Å². The van der Waals surface area contributed by atoms with Gasteiger partial charge in [0.25, 0.3) is 0 Å². The fraction of sp³-hybridized carbons (Fsp3) is 0.556. The van der Waals surface area contributed by atoms with Crippen LogP contribution in [0.15, 0.2) is 42.1 Å². The van der Waals surface area contributed by atoms with Gasteiger partial charge < -0.3 is 24.8 Å². The summed E-state index contributed by atoms with van der Waals surface area (Å²) in [5, 5.41) is 0. The topological polar surface area (TPSA) is 0 Å². The molecule has 2 aliphatic rings. The van der Waals surface area contributed by atoms with Crippen molar-refractivity contribution >= 4 is 5.49 Å². The van der Waals surface area contributed by atoms with Gasteiger partial charge >= 0.3 is 133 Å². The molecule has 0 saturated heterocycles. The first-order valence-electron chi connectivity index (χ1n) is 7.90. The Bertz CT molecular complexity index is 516. The number of rotatable bonds is 4. The van der Waals surface area contributed by atoms with E-state index in [9.17, 15) is 0 Å². The third kappa shape index (κ3) is 4.81. The van der Waals surface area contributed by atoms with Crippen LogP contribution in [0.2, 0.25) is 13.1 Å². The zero-order valence-electron chi connectivity index (χ0n) is 14.6. The SMILES string of the molecule is CC(C)C1=[C]([Hf+2]([C]2=C(C(C)C)C=CC2)=[Si](C)C)CC=C1.[Cl-].[Cl-]. The summed E-state index contributed by atoms with van der Waals surface area (Å²) in [4.78, 5) is 0. The molecular weight excluding hydrogens is 494 g/mol. The molecule has 122 valence electrons. The standard InChI is InChI=1S/2C8H11.C2H6Si.2ClH.Hf/c2*1-7(2)8-5-3-4-6-8;1-3-2;;;/h2*3,5,7H,4H2,1-2H3;1-2H3;2*1H;/q;;;;;+2/p-2. The van der Waals surface area contributed by atoms with Crippen LogP contribution >= 0.6 is 0 Å². The van der Waals surface area contributed by atoms with E-state index in [1.165, 1.54) is 12.8 Å². The Hall–Kier alpha value is 0.627. The molecule has 0 bridgehead atoms. The van der Waals surface area contributed by atoms with Gasteiger partial charge in [-0.3, -0.25) is 0 Å². The van der Waals surface area contributed by atoms with Gasteiger partial charge in [-0.25, -0.2) is 0 Å². The van der Waals surface area contributed by atoms with Crippen molar-refractivity contribution in [3.63, 3.8) is 0 Å². The Labute approximate surface area is 157 Å². The van der Waals surface area contributed by atoms with E-state index < -0.39 is 20.1 Å². The minimum Gasteiger partial charge on any atom is -1.00 e. The van der Waals surface area contributed by atoms with E-state index in [0.717, 1.165) is 0 Å². The van der Waals surface area contributed by atoms with Gasteiger partial charge in [-0.2, -0.15) is 0 Å². The van der Waals surface area contributed by atoms with Crippen LogP contribution < -0.4 is 24.8 Å². The van der Waals surface area contributed by atoms with E-state index in [1.54, 1.807) is 11.1 Å². The van der Waals surface area contributed by atoms with Gasteiger partial charge in [0.2, 0.25) is 0 Å². The van der Waals surface area contributed by atoms with Gasteiger partial charge in [0.1, 0.15) is 0 Å². The Morgan fingerprint density at radius 1 is 0.818 bits per heavy atom. The largest absolute Gasteiger partial charge is 1.00 e. The minimum absolute atomic E-state index is 0. The minimum atomic E-state index is -1.78. The summed E-state index contributed by atoms with van der Waals surface area (Å²) in [6.07, 6.45) is 12.3. The van der Waals surface area contributed by atoms with Crippen molar-refractivity contribution in [1.29, 1.82) is 0 Å². The van der Waals surface area contributed by atoms with Gasteiger partial charge in [-0.1, -0.05) is 0 Å². The second kappa shape index (κ2) is 9.81. The predicted octanol–water partition coefficient (Wildman–Crippen LogP) is -0.396. The first-order chi connectivity index (χ1) is 9.43. The second-order valence-electron chi connectivity index (χ2n) is 6.77. The molecule has 0 fully saturated rings. The van der Waals surface area contributed by atoms with Crippen LogP contribution in [0.5, 0.6) is 0 Å². The van der Waals surface area contributed by atoms with Crippen molar-refractivity contribution in [3.8, 4) is 0 Å². The van der Waals surface area contributed by atoms with Crippen LogP contribution in [-0.2, 0) is 20.1 Å². The average molecular weight is 522 g/mol. The summed E-state index contributed by atoms with van der Waals surface area (Å²) in [5.74, 6) is 1.42. The molecule has 22 heavy (non-hydrogen) atoms. The average Bonchev–Trinajstić information content (AvgIpc) is 2.97. The van der Waals surface area contributed by atoms with E-state index >= 15 is 0 Å². The molecule has 0 unspecified atom stereocenters. The van der Waals surface area contributed by atoms with Crippen LogP contribution in [-0.4, -0.2) is 5.49 Å². The van der Waals surface area contributed by atoms with Gasteiger partial charge in [0, 0.05) is 0 Å². The Balaban J connectivity index is 0.00000220. The van der Waals surface area contributed by atoms with Crippen molar-refractivity contribution in [2.45, 2.75) is 53.6 Å². The maximum atomic E-state index is 2.58. The Kier molecular flexibility index (Phi) is 10.1. The molecular formula is C18H28Cl2HfSi. The van der Waals surface area contributed by atoms with Crippen LogP contribution in [0.3, 0.4) is 0 Å². The van der Waals surface area contributed by atoms with Crippen molar-refractivity contribution in [2.24, 2.45) is 11.8 Å². The van der Waals surface area contributed by atoms with Crippen LogP contribution in [0.1, 0.15) is 40.5 Å². The van der Waals surface area contributed by atoms with E-state index in [4.69, 9.17) is 0 Å². The maximum absolute atomic E-state index is 2.58. The van der Waals surface area contributed by atoms with Gasteiger partial charge in [-0.05, 0) is 0 Å². The monoisotopic (exact) mass is 522 g/mol. The summed E-state index contributed by atoms with van der Waals surface area (Å²) in [5.41, 5.74) is 3.27. The van der Waals surface area contributed by atoms with Crippen LogP contribution in [0.25, 0.3) is 0 Å². The third-order valence-electron chi connectivity index (χ3n) is 4.28. The molecule has 0 heterocycles. The fourth-order valence-corrected chi connectivity index (χ4v) is 30.0. The van der Waals surface area contributed by atoms with Crippen LogP contribution in [0, 0.1) is 11.8 Å². The Morgan fingerprint density at radius 3 is 1.45 bits per heavy atom. The summed E-state index contributed by atoms with van der Waals surface area (Å²) >= 11 is -1.78. The summed E-state index contributed by atoms with van der Waals surface area (Å²) in [6.45, 7) is 14.7.